The molecule has 0 aliphatic carbocycles. The summed E-state index contributed by atoms with van der Waals surface area (Å²) in [5, 5.41) is 0. The van der Waals surface area contributed by atoms with E-state index in [9.17, 15) is 9.36 Å². The second-order valence-corrected chi connectivity index (χ2v) is 3.20. The van der Waals surface area contributed by atoms with Crippen molar-refractivity contribution in [2.45, 2.75) is 6.42 Å². The van der Waals surface area contributed by atoms with Crippen molar-refractivity contribution >= 4 is 13.8 Å². The number of ether oxygens (including phenoxy) is 1. The van der Waals surface area contributed by atoms with Crippen LogP contribution in [0.3, 0.4) is 0 Å². The zero-order valence-corrected chi connectivity index (χ0v) is 7.57. The molecule has 74 valence electrons. The zero-order valence-electron chi connectivity index (χ0n) is 6.67. The molecule has 13 heavy (non-hydrogen) atoms. The van der Waals surface area contributed by atoms with Crippen molar-refractivity contribution in [1.82, 2.24) is 0 Å². The average molecular weight is 208 g/mol. The van der Waals surface area contributed by atoms with Gasteiger partial charge in [0.25, 0.3) is 0 Å². The van der Waals surface area contributed by atoms with Crippen LogP contribution in [0.2, 0.25) is 0 Å². The Labute approximate surface area is 75.1 Å². The maximum absolute atomic E-state index is 10.3. The molecule has 7 heteroatoms. The molecule has 2 N–H and O–H groups in total. The molecule has 0 spiro atoms. The summed E-state index contributed by atoms with van der Waals surface area (Å²) in [5.41, 5.74) is 0. The highest BCUT2D eigenvalue weighted by atomic mass is 31.2. The summed E-state index contributed by atoms with van der Waals surface area (Å²) >= 11 is 0. The normalized spacial score (nSPS) is 10.5. The second kappa shape index (κ2) is 5.73. The minimum atomic E-state index is -4.42. The van der Waals surface area contributed by atoms with Gasteiger partial charge in [0.2, 0.25) is 0 Å². The topological polar surface area (TPSA) is 93.1 Å². The number of esters is 1. The van der Waals surface area contributed by atoms with E-state index in [1.165, 1.54) is 0 Å². The number of rotatable bonds is 5. The van der Waals surface area contributed by atoms with Crippen LogP contribution in [0, 0.1) is 12.3 Å². The Hall–Kier alpha value is -0.860. The Balaban J connectivity index is 3.34. The highest BCUT2D eigenvalue weighted by molar-refractivity contribution is 7.46. The van der Waals surface area contributed by atoms with E-state index in [1.54, 1.807) is 5.92 Å². The van der Waals surface area contributed by atoms with Crippen molar-refractivity contribution in [1.29, 1.82) is 0 Å². The lowest BCUT2D eigenvalue weighted by Crippen LogP contribution is -2.04. The predicted molar refractivity (Wildman–Crippen MR) is 42.4 cm³/mol. The fraction of sp³-hybridized carbons (Fsp3) is 0.500. The summed E-state index contributed by atoms with van der Waals surface area (Å²) in [4.78, 5) is 26.8. The van der Waals surface area contributed by atoms with Gasteiger partial charge in [0.1, 0.15) is 0 Å². The number of phosphoric ester groups is 1. The Morgan fingerprint density at radius 1 is 1.46 bits per heavy atom. The Bertz CT molecular complexity index is 248. The zero-order chi connectivity index (χ0) is 10.3. The Morgan fingerprint density at radius 3 is 2.54 bits per heavy atom. The number of hydrogen-bond acceptors (Lipinski definition) is 4. The predicted octanol–water partition coefficient (Wildman–Crippen LogP) is -0.338. The highest BCUT2D eigenvalue weighted by Crippen LogP contribution is 2.35. The van der Waals surface area contributed by atoms with E-state index >= 15 is 0 Å². The van der Waals surface area contributed by atoms with E-state index in [0.29, 0.717) is 0 Å². The van der Waals surface area contributed by atoms with Gasteiger partial charge in [-0.05, 0) is 0 Å². The van der Waals surface area contributed by atoms with Crippen LogP contribution in [0.25, 0.3) is 0 Å². The standard InChI is InChI=1S/C6H9O6P/c1-2-6(7)11-4-3-5-12-13(8,9)10/h1H,3-5H2,(H2,8,9,10). The number of phosphoric acid groups is 1. The lowest BCUT2D eigenvalue weighted by atomic mass is 10.5. The molecule has 0 saturated heterocycles. The second-order valence-electron chi connectivity index (χ2n) is 1.96. The van der Waals surface area contributed by atoms with Crippen molar-refractivity contribution in [3.05, 3.63) is 0 Å². The van der Waals surface area contributed by atoms with Crippen molar-refractivity contribution in [2.75, 3.05) is 13.2 Å². The number of carbonyl (C=O) groups excluding carboxylic acids is 1. The maximum atomic E-state index is 10.3. The molecule has 0 amide bonds. The molecule has 0 bridgehead atoms. The first-order chi connectivity index (χ1) is 5.95. The fourth-order valence-electron chi connectivity index (χ4n) is 0.449. The van der Waals surface area contributed by atoms with Crippen molar-refractivity contribution in [3.63, 3.8) is 0 Å². The molecule has 0 radical (unpaired) electrons. The summed E-state index contributed by atoms with van der Waals surface area (Å²) in [6, 6.07) is 0. The fourth-order valence-corrected chi connectivity index (χ4v) is 0.816. The number of terminal acetylenes is 1. The molecule has 6 nitrogen and oxygen atoms in total. The first-order valence-electron chi connectivity index (χ1n) is 3.29. The third-order valence-corrected chi connectivity index (χ3v) is 1.42. The van der Waals surface area contributed by atoms with E-state index in [1.807, 2.05) is 0 Å². The molecule has 0 rings (SSSR count). The molecule has 0 atom stereocenters. The van der Waals surface area contributed by atoms with Crippen LogP contribution in [0.1, 0.15) is 6.42 Å². The molecule has 0 heterocycles. The van der Waals surface area contributed by atoms with Gasteiger partial charge in [0.05, 0.1) is 13.2 Å². The van der Waals surface area contributed by atoms with E-state index in [0.717, 1.165) is 0 Å². The maximum Gasteiger partial charge on any atom is 0.469 e. The third kappa shape index (κ3) is 9.05. The van der Waals surface area contributed by atoms with E-state index in [-0.39, 0.29) is 19.6 Å². The first-order valence-corrected chi connectivity index (χ1v) is 4.82. The van der Waals surface area contributed by atoms with Crippen molar-refractivity contribution in [2.24, 2.45) is 0 Å². The van der Waals surface area contributed by atoms with Crippen LogP contribution < -0.4 is 0 Å². The molecule has 0 aromatic carbocycles. The summed E-state index contributed by atoms with van der Waals surface area (Å²) in [7, 11) is -4.42. The van der Waals surface area contributed by atoms with E-state index in [2.05, 4.69) is 15.7 Å². The molecule has 0 fully saturated rings. The Kier molecular flexibility index (Phi) is 5.35. The summed E-state index contributed by atoms with van der Waals surface area (Å²) < 4.78 is 18.6. The van der Waals surface area contributed by atoms with Gasteiger partial charge in [-0.25, -0.2) is 9.36 Å². The minimum absolute atomic E-state index is 0.0248. The molecule has 0 aliphatic rings. The SMILES string of the molecule is C#CC(=O)OCCCOP(=O)(O)O. The van der Waals surface area contributed by atoms with Gasteiger partial charge in [-0.15, -0.1) is 6.42 Å². The van der Waals surface area contributed by atoms with Crippen LogP contribution in [0.15, 0.2) is 0 Å². The minimum Gasteiger partial charge on any atom is -0.456 e. The summed E-state index contributed by atoms with van der Waals surface area (Å²) in [6.45, 7) is -0.217. The van der Waals surface area contributed by atoms with Crippen LogP contribution in [0.5, 0.6) is 0 Å². The van der Waals surface area contributed by atoms with Crippen LogP contribution in [-0.4, -0.2) is 29.0 Å². The van der Waals surface area contributed by atoms with E-state index < -0.39 is 13.8 Å². The lowest BCUT2D eigenvalue weighted by molar-refractivity contribution is -0.136. The van der Waals surface area contributed by atoms with Gasteiger partial charge < -0.3 is 14.5 Å². The van der Waals surface area contributed by atoms with Gasteiger partial charge in [-0.3, -0.25) is 4.52 Å². The van der Waals surface area contributed by atoms with Gasteiger partial charge in [0.15, 0.2) is 0 Å². The van der Waals surface area contributed by atoms with Crippen LogP contribution >= 0.6 is 7.82 Å². The molecule has 0 saturated carbocycles. The highest BCUT2D eigenvalue weighted by Gasteiger charge is 2.12. The smallest absolute Gasteiger partial charge is 0.456 e. The van der Waals surface area contributed by atoms with Crippen molar-refractivity contribution < 1.29 is 28.4 Å². The lowest BCUT2D eigenvalue weighted by Gasteiger charge is -2.04. The van der Waals surface area contributed by atoms with Gasteiger partial charge in [-0.1, -0.05) is 0 Å². The molecule has 0 aromatic rings. The number of hydrogen-bond donors (Lipinski definition) is 2. The van der Waals surface area contributed by atoms with E-state index in [4.69, 9.17) is 9.79 Å². The number of carbonyl (C=O) groups is 1. The monoisotopic (exact) mass is 208 g/mol. The van der Waals surface area contributed by atoms with Crippen molar-refractivity contribution in [3.8, 4) is 12.3 Å². The molecular formula is C6H9O6P. The summed E-state index contributed by atoms with van der Waals surface area (Å²) in [5.74, 6) is 0.907. The molecular weight excluding hydrogens is 199 g/mol. The molecule has 0 unspecified atom stereocenters. The quantitative estimate of drug-likeness (QED) is 0.211. The third-order valence-electron chi connectivity index (χ3n) is 0.899. The first kappa shape index (κ1) is 12.1. The van der Waals surface area contributed by atoms with Gasteiger partial charge >= 0.3 is 13.8 Å². The largest absolute Gasteiger partial charge is 0.469 e. The molecule has 0 aromatic heterocycles. The van der Waals surface area contributed by atoms with Gasteiger partial charge in [0, 0.05) is 12.3 Å². The van der Waals surface area contributed by atoms with Crippen LogP contribution in [0.4, 0.5) is 0 Å². The average Bonchev–Trinajstić information content (AvgIpc) is 2.01. The van der Waals surface area contributed by atoms with Crippen LogP contribution in [-0.2, 0) is 18.6 Å². The Morgan fingerprint density at radius 2 is 2.08 bits per heavy atom. The van der Waals surface area contributed by atoms with Gasteiger partial charge in [-0.2, -0.15) is 0 Å². The molecule has 0 aliphatic heterocycles. The summed E-state index contributed by atoms with van der Waals surface area (Å²) in [6.07, 6.45) is 4.85.